The molecule has 0 aromatic rings. The summed E-state index contributed by atoms with van der Waals surface area (Å²) in [6.07, 6.45) is 0.729. The van der Waals surface area contributed by atoms with Crippen LogP contribution in [0.5, 0.6) is 0 Å². The molecule has 0 aliphatic carbocycles. The lowest BCUT2D eigenvalue weighted by molar-refractivity contribution is -0.374. The Morgan fingerprint density at radius 2 is 1.48 bits per heavy atom. The quantitative estimate of drug-likeness (QED) is 0.110. The smallest absolute Gasteiger partial charge is 0.308 e. The van der Waals surface area contributed by atoms with Crippen molar-refractivity contribution in [2.45, 2.75) is 256 Å². The summed E-state index contributed by atoms with van der Waals surface area (Å²) in [5.41, 5.74) is -3.10. The molecule has 0 bridgehead atoms. The highest BCUT2D eigenvalue weighted by molar-refractivity contribution is 5.70. The molecule has 0 saturated carbocycles. The summed E-state index contributed by atoms with van der Waals surface area (Å²) >= 11 is 0. The number of rotatable bonds is 14. The van der Waals surface area contributed by atoms with E-state index in [1.54, 1.807) is 20.8 Å². The van der Waals surface area contributed by atoms with Crippen LogP contribution in [0.1, 0.15) is 167 Å². The molecular formula is C49H84O15. The molecule has 0 radical (unpaired) electrons. The minimum absolute atomic E-state index is 0.0132. The Hall–Kier alpha value is -1.50. The van der Waals surface area contributed by atoms with Gasteiger partial charge >= 0.3 is 11.9 Å². The predicted octanol–water partition coefficient (Wildman–Crippen LogP) is 6.00. The number of carbonyl (C=O) groups is 2. The number of carbonyl (C=O) groups excluding carboxylic acids is 1. The van der Waals surface area contributed by atoms with E-state index in [-0.39, 0.29) is 54.3 Å². The van der Waals surface area contributed by atoms with Gasteiger partial charge < -0.3 is 63.8 Å². The summed E-state index contributed by atoms with van der Waals surface area (Å²) in [4.78, 5) is 24.6. The average molecular weight is 913 g/mol. The van der Waals surface area contributed by atoms with Gasteiger partial charge in [-0.3, -0.25) is 9.59 Å². The molecular weight excluding hydrogens is 829 g/mol. The van der Waals surface area contributed by atoms with Gasteiger partial charge in [0.2, 0.25) is 5.79 Å². The molecule has 6 fully saturated rings. The van der Waals surface area contributed by atoms with E-state index in [1.165, 1.54) is 6.92 Å². The fourth-order valence-corrected chi connectivity index (χ4v) is 12.6. The van der Waals surface area contributed by atoms with Gasteiger partial charge in [-0.05, 0) is 117 Å². The Morgan fingerprint density at radius 3 is 2.12 bits per heavy atom. The van der Waals surface area contributed by atoms with E-state index in [0.29, 0.717) is 70.6 Å². The number of aliphatic hydroxyl groups is 5. The molecule has 6 N–H and O–H groups in total. The molecule has 0 unspecified atom stereocenters. The minimum atomic E-state index is -2.04. The van der Waals surface area contributed by atoms with Crippen LogP contribution in [0.4, 0.5) is 0 Å². The monoisotopic (exact) mass is 913 g/mol. The summed E-state index contributed by atoms with van der Waals surface area (Å²) in [6, 6.07) is 0. The third kappa shape index (κ3) is 9.98. The topological polar surface area (TPSA) is 220 Å². The SMILES string of the molecule is CC[C@@H]1O[C@@H]([C@]2(C)C[C@@H](C)[C@](O)([C@]3(C)CC[C@@H]([C@@H](OC(C)=O)[C@]4(O)O[C@H](C[C@@]5(O)O[C@@H]([C@@H](C)[C@H](O)C[C@H]6CC[C@H](C)[C@@H]([C@@H](C)C(=O)O)O6)CC[C@@H]5C)[C@@H](C)C[C@H]4C)O3)O2)CC[C@@]1(C)O. The van der Waals surface area contributed by atoms with Crippen molar-refractivity contribution in [2.24, 2.45) is 41.4 Å². The normalized spacial score (nSPS) is 49.8. The third-order valence-electron chi connectivity index (χ3n) is 17.2. The number of aliphatic carboxylic acids is 1. The molecule has 6 aliphatic heterocycles. The summed E-state index contributed by atoms with van der Waals surface area (Å²) in [7, 11) is 0. The average Bonchev–Trinajstić information content (AvgIpc) is 3.74. The Bertz CT molecular complexity index is 1630. The number of aliphatic hydroxyl groups excluding tert-OH is 1. The Balaban J connectivity index is 1.15. The summed E-state index contributed by atoms with van der Waals surface area (Å²) in [5.74, 6) is -9.30. The van der Waals surface area contributed by atoms with Crippen molar-refractivity contribution in [2.75, 3.05) is 0 Å². The molecule has 64 heavy (non-hydrogen) atoms. The zero-order valence-corrected chi connectivity index (χ0v) is 40.8. The van der Waals surface area contributed by atoms with Crippen LogP contribution in [0.15, 0.2) is 0 Å². The molecule has 22 atom stereocenters. The van der Waals surface area contributed by atoms with Crippen LogP contribution in [-0.4, -0.2) is 132 Å². The zero-order valence-electron chi connectivity index (χ0n) is 40.8. The van der Waals surface area contributed by atoms with Crippen molar-refractivity contribution in [1.29, 1.82) is 0 Å². The maximum Gasteiger partial charge on any atom is 0.308 e. The standard InChI is InChI=1S/C49H84O15/c1-13-39-44(10,54)20-19-40(60-39)45(11)24-30(6)49(57,64-45)46(12)21-18-37(61-46)42(58-33(9)50)48(56)29(5)22-27(3)38(63-48)25-47(55)28(4)15-17-36(62-47)31(7)35(51)23-34-16-14-26(2)41(59-34)32(8)43(52)53/h26-32,34-42,51,54-57H,13-25H2,1-12H3,(H,52,53)/t26-,27-,28-,29+,30+,31-,32+,34+,35+,36+,37-,38+,39-,40+,41-,42+,44+,45-,46-,47+,48+,49+/m0/s1. The lowest BCUT2D eigenvalue weighted by Gasteiger charge is -2.52. The van der Waals surface area contributed by atoms with Crippen molar-refractivity contribution in [3.05, 3.63) is 0 Å². The molecule has 0 aromatic heterocycles. The molecule has 15 nitrogen and oxygen atoms in total. The van der Waals surface area contributed by atoms with Gasteiger partial charge in [0.1, 0.15) is 11.7 Å². The van der Waals surface area contributed by atoms with E-state index >= 15 is 0 Å². The number of carboxylic acid groups (broad SMARTS) is 1. The van der Waals surface area contributed by atoms with E-state index in [2.05, 4.69) is 0 Å². The molecule has 0 spiro atoms. The van der Waals surface area contributed by atoms with Crippen molar-refractivity contribution in [1.82, 2.24) is 0 Å². The molecule has 6 aliphatic rings. The highest BCUT2D eigenvalue weighted by Crippen LogP contribution is 2.56. The van der Waals surface area contributed by atoms with Gasteiger partial charge in [-0.15, -0.1) is 0 Å². The van der Waals surface area contributed by atoms with Crippen molar-refractivity contribution in [3.8, 4) is 0 Å². The van der Waals surface area contributed by atoms with E-state index in [0.717, 1.165) is 6.42 Å². The Labute approximate surface area is 381 Å². The van der Waals surface area contributed by atoms with Crippen LogP contribution in [-0.2, 0) is 42.7 Å². The van der Waals surface area contributed by atoms with Gasteiger partial charge in [-0.25, -0.2) is 0 Å². The lowest BCUT2D eigenvalue weighted by Crippen LogP contribution is -2.64. The number of ether oxygens (including phenoxy) is 7. The van der Waals surface area contributed by atoms with Crippen LogP contribution in [0.3, 0.4) is 0 Å². The highest BCUT2D eigenvalue weighted by Gasteiger charge is 2.68. The van der Waals surface area contributed by atoms with Gasteiger partial charge in [0.05, 0.1) is 59.8 Å². The predicted molar refractivity (Wildman–Crippen MR) is 234 cm³/mol. The maximum absolute atomic E-state index is 12.9. The Morgan fingerprint density at radius 1 is 0.797 bits per heavy atom. The number of carboxylic acids is 1. The van der Waals surface area contributed by atoms with Gasteiger partial charge in [-0.2, -0.15) is 0 Å². The lowest BCUT2D eigenvalue weighted by atomic mass is 9.76. The van der Waals surface area contributed by atoms with Crippen LogP contribution in [0.2, 0.25) is 0 Å². The first-order valence-corrected chi connectivity index (χ1v) is 24.6. The van der Waals surface area contributed by atoms with E-state index in [9.17, 15) is 40.2 Å². The molecule has 6 rings (SSSR count). The van der Waals surface area contributed by atoms with Crippen LogP contribution in [0.25, 0.3) is 0 Å². The number of esters is 1. The van der Waals surface area contributed by atoms with Crippen molar-refractivity contribution < 1.29 is 73.4 Å². The Kier molecular flexibility index (Phi) is 15.5. The summed E-state index contributed by atoms with van der Waals surface area (Å²) < 4.78 is 45.4. The van der Waals surface area contributed by atoms with E-state index in [1.807, 2.05) is 55.4 Å². The number of hydrogen-bond donors (Lipinski definition) is 6. The van der Waals surface area contributed by atoms with E-state index < -0.39 is 94.6 Å². The third-order valence-corrected chi connectivity index (χ3v) is 17.2. The second kappa shape index (κ2) is 19.1. The maximum atomic E-state index is 12.9. The largest absolute Gasteiger partial charge is 0.481 e. The molecule has 0 aromatic carbocycles. The van der Waals surface area contributed by atoms with Crippen LogP contribution < -0.4 is 0 Å². The fraction of sp³-hybridized carbons (Fsp3) is 0.959. The highest BCUT2D eigenvalue weighted by atomic mass is 16.7. The molecule has 15 heteroatoms. The van der Waals surface area contributed by atoms with E-state index in [4.69, 9.17) is 33.2 Å². The first-order valence-electron chi connectivity index (χ1n) is 24.6. The molecule has 0 amide bonds. The molecule has 6 saturated heterocycles. The molecule has 370 valence electrons. The second-order valence-electron chi connectivity index (χ2n) is 22.4. The van der Waals surface area contributed by atoms with Gasteiger partial charge in [0, 0.05) is 37.0 Å². The second-order valence-corrected chi connectivity index (χ2v) is 22.4. The van der Waals surface area contributed by atoms with Crippen molar-refractivity contribution in [3.63, 3.8) is 0 Å². The first kappa shape index (κ1) is 51.9. The minimum Gasteiger partial charge on any atom is -0.481 e. The summed E-state index contributed by atoms with van der Waals surface area (Å²) in [6.45, 7) is 22.0. The fourth-order valence-electron chi connectivity index (χ4n) is 12.6. The zero-order chi connectivity index (χ0) is 47.5. The van der Waals surface area contributed by atoms with Crippen LogP contribution in [0, 0.1) is 41.4 Å². The van der Waals surface area contributed by atoms with Crippen molar-refractivity contribution >= 4 is 11.9 Å². The number of hydrogen-bond acceptors (Lipinski definition) is 14. The van der Waals surface area contributed by atoms with Crippen LogP contribution >= 0.6 is 0 Å². The first-order chi connectivity index (χ1) is 29.6. The van der Waals surface area contributed by atoms with Gasteiger partial charge in [0.25, 0.3) is 0 Å². The molecule has 6 heterocycles. The summed E-state index contributed by atoms with van der Waals surface area (Å²) in [5, 5.41) is 69.7. The van der Waals surface area contributed by atoms with Gasteiger partial charge in [-0.1, -0.05) is 48.5 Å². The van der Waals surface area contributed by atoms with Gasteiger partial charge in [0.15, 0.2) is 17.7 Å².